The van der Waals surface area contributed by atoms with Crippen LogP contribution in [-0.2, 0) is 17.8 Å². The number of hydrogen-bond acceptors (Lipinski definition) is 4. The standard InChI is InChI=1S/C25H24N4O2/c1-19(22-9-11-24(12-10-22)31-18-20-6-5-13-26-15-20)28-25(30)14-21-16-27-29(17-21)23-7-3-2-4-8-23/h2-13,15-17,19H,14,18H2,1H3,(H,28,30). The Kier molecular flexibility index (Phi) is 6.38. The van der Waals surface area contributed by atoms with Crippen LogP contribution >= 0.6 is 0 Å². The monoisotopic (exact) mass is 412 g/mol. The molecule has 0 saturated carbocycles. The summed E-state index contributed by atoms with van der Waals surface area (Å²) in [7, 11) is 0. The molecule has 2 heterocycles. The number of nitrogens with zero attached hydrogens (tertiary/aromatic N) is 3. The van der Waals surface area contributed by atoms with Crippen molar-refractivity contribution in [2.75, 3.05) is 0 Å². The van der Waals surface area contributed by atoms with Crippen molar-refractivity contribution in [1.82, 2.24) is 20.1 Å². The van der Waals surface area contributed by atoms with Gasteiger partial charge >= 0.3 is 0 Å². The Labute approximate surface area is 181 Å². The van der Waals surface area contributed by atoms with Gasteiger partial charge in [0, 0.05) is 24.2 Å². The summed E-state index contributed by atoms with van der Waals surface area (Å²) in [5.74, 6) is 0.733. The topological polar surface area (TPSA) is 69.0 Å². The maximum Gasteiger partial charge on any atom is 0.225 e. The number of carbonyl (C=O) groups is 1. The zero-order valence-electron chi connectivity index (χ0n) is 17.3. The Hall–Kier alpha value is -3.93. The van der Waals surface area contributed by atoms with E-state index in [4.69, 9.17) is 4.74 Å². The first-order chi connectivity index (χ1) is 15.2. The van der Waals surface area contributed by atoms with Crippen LogP contribution in [-0.4, -0.2) is 20.7 Å². The van der Waals surface area contributed by atoms with E-state index in [0.29, 0.717) is 6.61 Å². The minimum absolute atomic E-state index is 0.0444. The lowest BCUT2D eigenvalue weighted by molar-refractivity contribution is -0.121. The SMILES string of the molecule is CC(NC(=O)Cc1cnn(-c2ccccc2)c1)c1ccc(OCc2cccnc2)cc1. The summed E-state index contributed by atoms with van der Waals surface area (Å²) in [6.07, 6.45) is 7.42. The fourth-order valence-electron chi connectivity index (χ4n) is 3.24. The van der Waals surface area contributed by atoms with Crippen molar-refractivity contribution in [1.29, 1.82) is 0 Å². The molecule has 0 radical (unpaired) electrons. The second-order valence-electron chi connectivity index (χ2n) is 7.31. The third kappa shape index (κ3) is 5.57. The first kappa shape index (κ1) is 20.3. The number of hydrogen-bond donors (Lipinski definition) is 1. The molecule has 0 aliphatic heterocycles. The third-order valence-corrected chi connectivity index (χ3v) is 4.91. The lowest BCUT2D eigenvalue weighted by atomic mass is 10.1. The highest BCUT2D eigenvalue weighted by Crippen LogP contribution is 2.19. The molecule has 2 aromatic carbocycles. The number of para-hydroxylation sites is 1. The van der Waals surface area contributed by atoms with Gasteiger partial charge in [-0.15, -0.1) is 0 Å². The number of rotatable bonds is 8. The molecule has 4 aromatic rings. The Morgan fingerprint density at radius 2 is 1.81 bits per heavy atom. The van der Waals surface area contributed by atoms with Crippen molar-refractivity contribution in [3.8, 4) is 11.4 Å². The lowest BCUT2D eigenvalue weighted by Crippen LogP contribution is -2.27. The molecule has 0 saturated heterocycles. The van der Waals surface area contributed by atoms with Gasteiger partial charge in [-0.3, -0.25) is 9.78 Å². The van der Waals surface area contributed by atoms with Gasteiger partial charge in [-0.1, -0.05) is 36.4 Å². The van der Waals surface area contributed by atoms with Gasteiger partial charge in [-0.25, -0.2) is 4.68 Å². The summed E-state index contributed by atoms with van der Waals surface area (Å²) < 4.78 is 7.56. The van der Waals surface area contributed by atoms with E-state index >= 15 is 0 Å². The molecule has 1 N–H and O–H groups in total. The molecule has 1 atom stereocenters. The second kappa shape index (κ2) is 9.71. The average Bonchev–Trinajstić information content (AvgIpc) is 3.27. The molecule has 6 nitrogen and oxygen atoms in total. The average molecular weight is 412 g/mol. The van der Waals surface area contributed by atoms with Gasteiger partial charge in [0.2, 0.25) is 5.91 Å². The van der Waals surface area contributed by atoms with E-state index in [1.807, 2.05) is 79.9 Å². The largest absolute Gasteiger partial charge is 0.489 e. The molecular formula is C25H24N4O2. The highest BCUT2D eigenvalue weighted by Gasteiger charge is 2.12. The number of amides is 1. The summed E-state index contributed by atoms with van der Waals surface area (Å²) in [5, 5.41) is 7.39. The van der Waals surface area contributed by atoms with E-state index in [1.54, 1.807) is 23.3 Å². The molecule has 0 aliphatic rings. The molecule has 6 heteroatoms. The van der Waals surface area contributed by atoms with Crippen molar-refractivity contribution in [3.63, 3.8) is 0 Å². The molecular weight excluding hydrogens is 388 g/mol. The number of ether oxygens (including phenoxy) is 1. The van der Waals surface area contributed by atoms with Gasteiger partial charge in [0.05, 0.1) is 24.3 Å². The first-order valence-electron chi connectivity index (χ1n) is 10.2. The highest BCUT2D eigenvalue weighted by atomic mass is 16.5. The number of aromatic nitrogens is 3. The summed E-state index contributed by atoms with van der Waals surface area (Å²) in [6, 6.07) is 21.4. The molecule has 0 spiro atoms. The smallest absolute Gasteiger partial charge is 0.225 e. The van der Waals surface area contributed by atoms with Crippen LogP contribution in [0.4, 0.5) is 0 Å². The van der Waals surface area contributed by atoms with E-state index < -0.39 is 0 Å². The van der Waals surface area contributed by atoms with Crippen LogP contribution in [0.2, 0.25) is 0 Å². The summed E-state index contributed by atoms with van der Waals surface area (Å²) in [5.41, 5.74) is 3.87. The number of pyridine rings is 1. The predicted octanol–water partition coefficient (Wildman–Crippen LogP) is 4.27. The van der Waals surface area contributed by atoms with E-state index in [-0.39, 0.29) is 18.4 Å². The minimum Gasteiger partial charge on any atom is -0.489 e. The van der Waals surface area contributed by atoms with Crippen molar-refractivity contribution in [2.24, 2.45) is 0 Å². The predicted molar refractivity (Wildman–Crippen MR) is 119 cm³/mol. The highest BCUT2D eigenvalue weighted by molar-refractivity contribution is 5.78. The van der Waals surface area contributed by atoms with Crippen LogP contribution in [0.25, 0.3) is 5.69 Å². The van der Waals surface area contributed by atoms with E-state index in [2.05, 4.69) is 15.4 Å². The van der Waals surface area contributed by atoms with Gasteiger partial charge in [-0.05, 0) is 48.4 Å². The molecule has 31 heavy (non-hydrogen) atoms. The van der Waals surface area contributed by atoms with Gasteiger partial charge in [0.15, 0.2) is 0 Å². The van der Waals surface area contributed by atoms with E-state index in [0.717, 1.165) is 28.1 Å². The Morgan fingerprint density at radius 3 is 2.55 bits per heavy atom. The zero-order chi connectivity index (χ0) is 21.5. The molecule has 2 aromatic heterocycles. The van der Waals surface area contributed by atoms with Crippen LogP contribution in [0.1, 0.15) is 29.7 Å². The van der Waals surface area contributed by atoms with Crippen LogP contribution in [0.5, 0.6) is 5.75 Å². The van der Waals surface area contributed by atoms with Crippen molar-refractivity contribution < 1.29 is 9.53 Å². The molecule has 156 valence electrons. The molecule has 0 aliphatic carbocycles. The minimum atomic E-state index is -0.107. The Morgan fingerprint density at radius 1 is 1.00 bits per heavy atom. The molecule has 1 unspecified atom stereocenters. The van der Waals surface area contributed by atoms with Crippen LogP contribution in [0, 0.1) is 0 Å². The lowest BCUT2D eigenvalue weighted by Gasteiger charge is -2.15. The van der Waals surface area contributed by atoms with Gasteiger partial charge in [0.25, 0.3) is 0 Å². The Bertz CT molecular complexity index is 1110. The number of carbonyl (C=O) groups excluding carboxylic acids is 1. The van der Waals surface area contributed by atoms with Crippen molar-refractivity contribution >= 4 is 5.91 Å². The first-order valence-corrected chi connectivity index (χ1v) is 10.2. The molecule has 0 fully saturated rings. The fourth-order valence-corrected chi connectivity index (χ4v) is 3.24. The van der Waals surface area contributed by atoms with Crippen molar-refractivity contribution in [2.45, 2.75) is 26.0 Å². The normalized spacial score (nSPS) is 11.6. The quantitative estimate of drug-likeness (QED) is 0.469. The second-order valence-corrected chi connectivity index (χ2v) is 7.31. The van der Waals surface area contributed by atoms with E-state index in [9.17, 15) is 4.79 Å². The summed E-state index contributed by atoms with van der Waals surface area (Å²) >= 11 is 0. The molecule has 0 bridgehead atoms. The van der Waals surface area contributed by atoms with Crippen molar-refractivity contribution in [3.05, 3.63) is 108 Å². The van der Waals surface area contributed by atoms with Gasteiger partial charge in [0.1, 0.15) is 12.4 Å². The maximum absolute atomic E-state index is 12.5. The van der Waals surface area contributed by atoms with Gasteiger partial charge in [-0.2, -0.15) is 5.10 Å². The van der Waals surface area contributed by atoms with Crippen LogP contribution < -0.4 is 10.1 Å². The van der Waals surface area contributed by atoms with Crippen LogP contribution in [0.15, 0.2) is 91.5 Å². The molecule has 1 amide bonds. The Balaban J connectivity index is 1.29. The maximum atomic E-state index is 12.5. The number of benzene rings is 2. The summed E-state index contributed by atoms with van der Waals surface area (Å²) in [6.45, 7) is 2.44. The van der Waals surface area contributed by atoms with Gasteiger partial charge < -0.3 is 10.1 Å². The summed E-state index contributed by atoms with van der Waals surface area (Å²) in [4.78, 5) is 16.6. The number of nitrogens with one attached hydrogen (secondary N) is 1. The third-order valence-electron chi connectivity index (χ3n) is 4.91. The van der Waals surface area contributed by atoms with E-state index in [1.165, 1.54) is 0 Å². The zero-order valence-corrected chi connectivity index (χ0v) is 17.3. The van der Waals surface area contributed by atoms with Crippen LogP contribution in [0.3, 0.4) is 0 Å². The molecule has 4 rings (SSSR count). The fraction of sp³-hybridized carbons (Fsp3) is 0.160.